The molecule has 0 saturated heterocycles. The molecular weight excluding hydrogens is 278 g/mol. The molecule has 20 heavy (non-hydrogen) atoms. The van der Waals surface area contributed by atoms with Crippen LogP contribution in [0.5, 0.6) is 0 Å². The summed E-state index contributed by atoms with van der Waals surface area (Å²) in [6.07, 6.45) is 0. The normalized spacial score (nSPS) is 11.8. The summed E-state index contributed by atoms with van der Waals surface area (Å²) in [6.45, 7) is 0. The molecule has 3 rings (SSSR count). The van der Waals surface area contributed by atoms with E-state index < -0.39 is 10.0 Å². The molecule has 7 nitrogen and oxygen atoms in total. The highest BCUT2D eigenvalue weighted by Crippen LogP contribution is 2.23. The van der Waals surface area contributed by atoms with Gasteiger partial charge in [0.25, 0.3) is 0 Å². The van der Waals surface area contributed by atoms with Gasteiger partial charge >= 0.3 is 0 Å². The molecule has 0 amide bonds. The predicted octanol–water partition coefficient (Wildman–Crippen LogP) is 0.650. The Kier molecular flexibility index (Phi) is 2.70. The number of fused-ring (bicyclic) bond motifs is 1. The molecule has 0 aliphatic heterocycles. The third-order valence-corrected chi connectivity index (χ3v) is 3.82. The second-order valence-electron chi connectivity index (χ2n) is 4.26. The number of primary sulfonamides is 1. The zero-order valence-electron chi connectivity index (χ0n) is 10.3. The van der Waals surface area contributed by atoms with E-state index >= 15 is 0 Å². The maximum atomic E-state index is 11.4. The third kappa shape index (κ3) is 2.00. The quantitative estimate of drug-likeness (QED) is 0.672. The lowest BCUT2D eigenvalue weighted by atomic mass is 10.2. The molecule has 1 heterocycles. The van der Waals surface area contributed by atoms with E-state index in [9.17, 15) is 8.42 Å². The van der Waals surface area contributed by atoms with Gasteiger partial charge in [-0.3, -0.25) is 0 Å². The molecule has 0 fully saturated rings. The molecule has 3 aromatic rings. The fourth-order valence-electron chi connectivity index (χ4n) is 1.93. The maximum absolute atomic E-state index is 11.4. The fraction of sp³-hybridized carbons (Fsp3) is 0. The summed E-state index contributed by atoms with van der Waals surface area (Å²) in [5, 5.41) is 13.1. The van der Waals surface area contributed by atoms with Crippen LogP contribution in [0.2, 0.25) is 0 Å². The van der Waals surface area contributed by atoms with Crippen molar-refractivity contribution in [3.8, 4) is 5.69 Å². The second-order valence-corrected chi connectivity index (χ2v) is 5.82. The minimum absolute atomic E-state index is 0.0266. The summed E-state index contributed by atoms with van der Waals surface area (Å²) in [5.41, 5.74) is 8.11. The van der Waals surface area contributed by atoms with Crippen molar-refractivity contribution in [2.75, 3.05) is 5.73 Å². The van der Waals surface area contributed by atoms with Crippen LogP contribution in [0, 0.1) is 0 Å². The molecule has 0 aliphatic rings. The van der Waals surface area contributed by atoms with Crippen molar-refractivity contribution in [1.29, 1.82) is 0 Å². The van der Waals surface area contributed by atoms with Crippen LogP contribution in [-0.4, -0.2) is 23.4 Å². The zero-order valence-corrected chi connectivity index (χ0v) is 11.1. The van der Waals surface area contributed by atoms with Gasteiger partial charge < -0.3 is 5.73 Å². The Labute approximate surface area is 114 Å². The van der Waals surface area contributed by atoms with E-state index in [1.165, 1.54) is 22.9 Å². The number of rotatable bonds is 2. The largest absolute Gasteiger partial charge is 0.397 e. The van der Waals surface area contributed by atoms with Crippen molar-refractivity contribution in [2.45, 2.75) is 4.90 Å². The van der Waals surface area contributed by atoms with Gasteiger partial charge in [0.2, 0.25) is 10.0 Å². The number of para-hydroxylation sites is 1. The van der Waals surface area contributed by atoms with Gasteiger partial charge in [-0.25, -0.2) is 18.2 Å². The predicted molar refractivity (Wildman–Crippen MR) is 74.7 cm³/mol. The van der Waals surface area contributed by atoms with Gasteiger partial charge in [0.15, 0.2) is 0 Å². The number of hydrogen-bond acceptors (Lipinski definition) is 5. The highest BCUT2D eigenvalue weighted by molar-refractivity contribution is 7.89. The van der Waals surface area contributed by atoms with E-state index in [1.54, 1.807) is 6.07 Å². The number of anilines is 1. The molecule has 0 radical (unpaired) electrons. The van der Waals surface area contributed by atoms with Gasteiger partial charge in [0, 0.05) is 0 Å². The van der Waals surface area contributed by atoms with E-state index in [1.807, 2.05) is 18.2 Å². The summed E-state index contributed by atoms with van der Waals surface area (Å²) >= 11 is 0. The van der Waals surface area contributed by atoms with Crippen LogP contribution in [0.4, 0.5) is 5.69 Å². The summed E-state index contributed by atoms with van der Waals surface area (Å²) < 4.78 is 24.3. The number of aromatic nitrogens is 3. The van der Waals surface area contributed by atoms with Crippen LogP contribution in [0.15, 0.2) is 47.4 Å². The molecule has 102 valence electrons. The Morgan fingerprint density at radius 2 is 1.85 bits per heavy atom. The average Bonchev–Trinajstić information content (AvgIpc) is 2.82. The number of benzene rings is 2. The molecule has 1 aromatic heterocycles. The molecule has 0 unspecified atom stereocenters. The van der Waals surface area contributed by atoms with Crippen molar-refractivity contribution in [3.63, 3.8) is 0 Å². The van der Waals surface area contributed by atoms with Crippen LogP contribution in [0.25, 0.3) is 16.7 Å². The summed E-state index contributed by atoms with van der Waals surface area (Å²) in [5.74, 6) is 0. The molecule has 0 atom stereocenters. The highest BCUT2D eigenvalue weighted by Gasteiger charge is 2.14. The highest BCUT2D eigenvalue weighted by atomic mass is 32.2. The lowest BCUT2D eigenvalue weighted by molar-refractivity contribution is 0.597. The van der Waals surface area contributed by atoms with Crippen LogP contribution in [0.1, 0.15) is 0 Å². The number of nitrogen functional groups attached to an aromatic ring is 1. The average molecular weight is 289 g/mol. The molecule has 0 spiro atoms. The monoisotopic (exact) mass is 289 g/mol. The lowest BCUT2D eigenvalue weighted by Crippen LogP contribution is -2.13. The Balaban J connectivity index is 2.29. The second kappa shape index (κ2) is 4.29. The maximum Gasteiger partial charge on any atom is 0.238 e. The molecule has 0 aliphatic carbocycles. The Hall–Kier alpha value is -2.45. The van der Waals surface area contributed by atoms with Crippen molar-refractivity contribution >= 4 is 26.7 Å². The van der Waals surface area contributed by atoms with Gasteiger partial charge in [-0.1, -0.05) is 17.3 Å². The molecule has 4 N–H and O–H groups in total. The first-order chi connectivity index (χ1) is 9.47. The number of nitrogens with zero attached hydrogens (tertiary/aromatic N) is 3. The topological polar surface area (TPSA) is 117 Å². The number of nitrogens with two attached hydrogens (primary N) is 2. The molecule has 0 saturated carbocycles. The molecule has 0 bridgehead atoms. The van der Waals surface area contributed by atoms with Crippen LogP contribution < -0.4 is 10.9 Å². The number of hydrogen-bond donors (Lipinski definition) is 2. The van der Waals surface area contributed by atoms with Crippen molar-refractivity contribution < 1.29 is 8.42 Å². The van der Waals surface area contributed by atoms with E-state index in [-0.39, 0.29) is 4.90 Å². The van der Waals surface area contributed by atoms with Gasteiger partial charge in [0.1, 0.15) is 5.52 Å². The van der Waals surface area contributed by atoms with E-state index in [2.05, 4.69) is 10.3 Å². The van der Waals surface area contributed by atoms with Crippen molar-refractivity contribution in [1.82, 2.24) is 15.0 Å². The first-order valence-corrected chi connectivity index (χ1v) is 7.24. The standard InChI is InChI=1S/C12H11N5O2S/c13-9-6-5-8(20(14,18)19)7-12(9)17-11-4-2-1-3-10(11)15-16-17/h1-7H,13H2,(H2,14,18,19). The van der Waals surface area contributed by atoms with Crippen LogP contribution in [0.3, 0.4) is 0 Å². The van der Waals surface area contributed by atoms with E-state index in [4.69, 9.17) is 10.9 Å². The number of sulfonamides is 1. The van der Waals surface area contributed by atoms with Gasteiger partial charge in [0.05, 0.1) is 21.8 Å². The van der Waals surface area contributed by atoms with Crippen LogP contribution in [-0.2, 0) is 10.0 Å². The minimum Gasteiger partial charge on any atom is -0.397 e. The first-order valence-electron chi connectivity index (χ1n) is 5.70. The van der Waals surface area contributed by atoms with E-state index in [0.717, 1.165) is 5.52 Å². The summed E-state index contributed by atoms with van der Waals surface area (Å²) in [4.78, 5) is -0.0266. The van der Waals surface area contributed by atoms with Crippen molar-refractivity contribution in [3.05, 3.63) is 42.5 Å². The van der Waals surface area contributed by atoms with Crippen LogP contribution >= 0.6 is 0 Å². The van der Waals surface area contributed by atoms with Gasteiger partial charge in [-0.15, -0.1) is 5.10 Å². The Morgan fingerprint density at radius 3 is 2.60 bits per heavy atom. The summed E-state index contributed by atoms with van der Waals surface area (Å²) in [7, 11) is -3.80. The SMILES string of the molecule is Nc1ccc(S(N)(=O)=O)cc1-n1nnc2ccccc21. The fourth-order valence-corrected chi connectivity index (χ4v) is 2.46. The molecular formula is C12H11N5O2S. The summed E-state index contributed by atoms with van der Waals surface area (Å²) in [6, 6.07) is 11.5. The Morgan fingerprint density at radius 1 is 1.10 bits per heavy atom. The minimum atomic E-state index is -3.80. The first kappa shape index (κ1) is 12.6. The molecule has 8 heteroatoms. The van der Waals surface area contributed by atoms with Gasteiger partial charge in [-0.05, 0) is 30.3 Å². The lowest BCUT2D eigenvalue weighted by Gasteiger charge is -2.08. The zero-order chi connectivity index (χ0) is 14.3. The van der Waals surface area contributed by atoms with Crippen molar-refractivity contribution in [2.24, 2.45) is 5.14 Å². The molecule has 2 aromatic carbocycles. The third-order valence-electron chi connectivity index (χ3n) is 2.91. The van der Waals surface area contributed by atoms with E-state index in [0.29, 0.717) is 16.9 Å². The van der Waals surface area contributed by atoms with Gasteiger partial charge in [-0.2, -0.15) is 0 Å². The Bertz CT molecular complexity index is 901. The smallest absolute Gasteiger partial charge is 0.238 e.